The molecular weight excluding hydrogens is 389 g/mol. The molecular formula is C19H13ClFN3O2S. The summed E-state index contributed by atoms with van der Waals surface area (Å²) in [6.07, 6.45) is 1.64. The zero-order chi connectivity index (χ0) is 18.8. The van der Waals surface area contributed by atoms with Crippen molar-refractivity contribution in [3.63, 3.8) is 0 Å². The normalized spacial score (nSPS) is 15.5. The number of benzene rings is 2. The predicted molar refractivity (Wildman–Crippen MR) is 103 cm³/mol. The minimum atomic E-state index is -0.425. The van der Waals surface area contributed by atoms with Gasteiger partial charge in [0, 0.05) is 29.0 Å². The van der Waals surface area contributed by atoms with E-state index in [0.29, 0.717) is 22.2 Å². The van der Waals surface area contributed by atoms with E-state index in [9.17, 15) is 9.18 Å². The average Bonchev–Trinajstić information content (AvgIpc) is 3.31. The van der Waals surface area contributed by atoms with Crippen molar-refractivity contribution < 1.29 is 13.7 Å². The molecule has 1 amide bonds. The van der Waals surface area contributed by atoms with Gasteiger partial charge in [0.1, 0.15) is 5.82 Å². The third kappa shape index (κ3) is 3.74. The number of amides is 1. The molecule has 1 aliphatic rings. The highest BCUT2D eigenvalue weighted by atomic mass is 35.5. The Morgan fingerprint density at radius 1 is 1.26 bits per heavy atom. The number of halogens is 2. The average molecular weight is 402 g/mol. The Hall–Kier alpha value is -2.64. The lowest BCUT2D eigenvalue weighted by Crippen LogP contribution is -2.26. The Labute approximate surface area is 163 Å². The highest BCUT2D eigenvalue weighted by Crippen LogP contribution is 2.31. The van der Waals surface area contributed by atoms with Crippen molar-refractivity contribution in [3.05, 3.63) is 75.9 Å². The summed E-state index contributed by atoms with van der Waals surface area (Å²) in [4.78, 5) is 18.6. The van der Waals surface area contributed by atoms with E-state index in [1.807, 2.05) is 0 Å². The van der Waals surface area contributed by atoms with Crippen molar-refractivity contribution in [2.45, 2.75) is 0 Å². The molecule has 0 spiro atoms. The van der Waals surface area contributed by atoms with Crippen molar-refractivity contribution in [1.82, 2.24) is 15.0 Å². The molecule has 0 bridgehead atoms. The Kier molecular flexibility index (Phi) is 4.96. The molecule has 136 valence electrons. The SMILES string of the molecule is O=C(c1cccc(Cl)c1)N1CCS/C1=C/c1nc(-c2ccccc2F)no1. The lowest BCUT2D eigenvalue weighted by Gasteiger charge is -2.16. The van der Waals surface area contributed by atoms with Crippen LogP contribution in [0.15, 0.2) is 58.1 Å². The maximum absolute atomic E-state index is 13.9. The zero-order valence-electron chi connectivity index (χ0n) is 13.9. The van der Waals surface area contributed by atoms with Crippen LogP contribution in [-0.4, -0.2) is 33.2 Å². The Balaban J connectivity index is 1.60. The van der Waals surface area contributed by atoms with E-state index in [1.165, 1.54) is 17.8 Å². The van der Waals surface area contributed by atoms with Gasteiger partial charge >= 0.3 is 0 Å². The maximum Gasteiger partial charge on any atom is 0.258 e. The monoisotopic (exact) mass is 401 g/mol. The lowest BCUT2D eigenvalue weighted by atomic mass is 10.2. The van der Waals surface area contributed by atoms with Gasteiger partial charge in [-0.3, -0.25) is 4.79 Å². The van der Waals surface area contributed by atoms with Crippen LogP contribution in [-0.2, 0) is 0 Å². The minimum Gasteiger partial charge on any atom is -0.334 e. The van der Waals surface area contributed by atoms with Crippen LogP contribution < -0.4 is 0 Å². The predicted octanol–water partition coefficient (Wildman–Crippen LogP) is 4.72. The molecule has 8 heteroatoms. The Morgan fingerprint density at radius 2 is 2.11 bits per heavy atom. The summed E-state index contributed by atoms with van der Waals surface area (Å²) < 4.78 is 19.1. The smallest absolute Gasteiger partial charge is 0.258 e. The number of carbonyl (C=O) groups excluding carboxylic acids is 1. The van der Waals surface area contributed by atoms with Crippen molar-refractivity contribution >= 4 is 35.3 Å². The largest absolute Gasteiger partial charge is 0.334 e. The summed E-state index contributed by atoms with van der Waals surface area (Å²) >= 11 is 7.49. The van der Waals surface area contributed by atoms with Crippen LogP contribution in [0, 0.1) is 5.82 Å². The minimum absolute atomic E-state index is 0.150. The van der Waals surface area contributed by atoms with Gasteiger partial charge in [-0.2, -0.15) is 4.98 Å². The molecule has 27 heavy (non-hydrogen) atoms. The van der Waals surface area contributed by atoms with E-state index in [4.69, 9.17) is 16.1 Å². The van der Waals surface area contributed by atoms with Crippen LogP contribution in [0.25, 0.3) is 17.5 Å². The third-order valence-electron chi connectivity index (χ3n) is 3.95. The zero-order valence-corrected chi connectivity index (χ0v) is 15.5. The number of thioether (sulfide) groups is 1. The molecule has 3 aromatic rings. The summed E-state index contributed by atoms with van der Waals surface area (Å²) in [6, 6.07) is 13.0. The highest BCUT2D eigenvalue weighted by molar-refractivity contribution is 8.03. The molecule has 1 saturated heterocycles. The second-order valence-electron chi connectivity index (χ2n) is 5.73. The van der Waals surface area contributed by atoms with Gasteiger partial charge in [-0.1, -0.05) is 35.0 Å². The summed E-state index contributed by atoms with van der Waals surface area (Å²) in [7, 11) is 0. The number of nitrogens with zero attached hydrogens (tertiary/aromatic N) is 3. The fourth-order valence-electron chi connectivity index (χ4n) is 2.68. The molecule has 0 radical (unpaired) electrons. The van der Waals surface area contributed by atoms with Gasteiger partial charge in [0.15, 0.2) is 0 Å². The Bertz CT molecular complexity index is 1040. The van der Waals surface area contributed by atoms with E-state index >= 15 is 0 Å². The lowest BCUT2D eigenvalue weighted by molar-refractivity contribution is 0.0831. The quantitative estimate of drug-likeness (QED) is 0.635. The van der Waals surface area contributed by atoms with Gasteiger partial charge in [-0.05, 0) is 30.3 Å². The summed E-state index contributed by atoms with van der Waals surface area (Å²) in [5, 5.41) is 5.03. The molecule has 1 aliphatic heterocycles. The van der Waals surface area contributed by atoms with E-state index in [1.54, 1.807) is 53.4 Å². The third-order valence-corrected chi connectivity index (χ3v) is 5.21. The van der Waals surface area contributed by atoms with Gasteiger partial charge in [0.05, 0.1) is 10.6 Å². The molecule has 1 aromatic heterocycles. The molecule has 0 aliphatic carbocycles. The van der Waals surface area contributed by atoms with Gasteiger partial charge in [-0.25, -0.2) is 4.39 Å². The van der Waals surface area contributed by atoms with Crippen molar-refractivity contribution in [1.29, 1.82) is 0 Å². The van der Waals surface area contributed by atoms with E-state index in [0.717, 1.165) is 5.75 Å². The van der Waals surface area contributed by atoms with Gasteiger partial charge in [0.2, 0.25) is 5.82 Å². The highest BCUT2D eigenvalue weighted by Gasteiger charge is 2.26. The molecule has 2 heterocycles. The fraction of sp³-hybridized carbons (Fsp3) is 0.105. The van der Waals surface area contributed by atoms with Crippen molar-refractivity contribution in [2.75, 3.05) is 12.3 Å². The molecule has 0 saturated carbocycles. The van der Waals surface area contributed by atoms with Crippen molar-refractivity contribution in [3.8, 4) is 11.4 Å². The van der Waals surface area contributed by atoms with Crippen LogP contribution >= 0.6 is 23.4 Å². The summed E-state index contributed by atoms with van der Waals surface area (Å²) in [5.41, 5.74) is 0.769. The second-order valence-corrected chi connectivity index (χ2v) is 7.29. The van der Waals surface area contributed by atoms with Crippen LogP contribution in [0.3, 0.4) is 0 Å². The molecule has 2 aromatic carbocycles. The Morgan fingerprint density at radius 3 is 2.93 bits per heavy atom. The van der Waals surface area contributed by atoms with Gasteiger partial charge in [0.25, 0.3) is 11.8 Å². The maximum atomic E-state index is 13.9. The molecule has 0 unspecified atom stereocenters. The number of hydrogen-bond donors (Lipinski definition) is 0. The first kappa shape index (κ1) is 17.8. The molecule has 4 rings (SSSR count). The van der Waals surface area contributed by atoms with Crippen LogP contribution in [0.4, 0.5) is 4.39 Å². The summed E-state index contributed by atoms with van der Waals surface area (Å²) in [6.45, 7) is 0.566. The number of hydrogen-bond acceptors (Lipinski definition) is 5. The van der Waals surface area contributed by atoms with Gasteiger partial charge < -0.3 is 9.42 Å². The van der Waals surface area contributed by atoms with E-state index in [2.05, 4.69) is 10.1 Å². The number of carbonyl (C=O) groups is 1. The van der Waals surface area contributed by atoms with Gasteiger partial charge in [-0.15, -0.1) is 11.8 Å². The first-order chi connectivity index (χ1) is 13.1. The molecule has 0 N–H and O–H groups in total. The van der Waals surface area contributed by atoms with Crippen LogP contribution in [0.1, 0.15) is 16.2 Å². The van der Waals surface area contributed by atoms with Crippen molar-refractivity contribution in [2.24, 2.45) is 0 Å². The summed E-state index contributed by atoms with van der Waals surface area (Å²) in [5.74, 6) is 0.553. The first-order valence-electron chi connectivity index (χ1n) is 8.12. The van der Waals surface area contributed by atoms with E-state index < -0.39 is 5.82 Å². The number of rotatable bonds is 3. The standard InChI is InChI=1S/C19H13ClFN3O2S/c20-13-5-3-4-12(10-13)19(25)24-8-9-27-17(24)11-16-22-18(23-26-16)14-6-1-2-7-15(14)21/h1-7,10-11H,8-9H2/b17-11+. The molecule has 1 fully saturated rings. The van der Waals surface area contributed by atoms with Crippen LogP contribution in [0.5, 0.6) is 0 Å². The fourth-order valence-corrected chi connectivity index (χ4v) is 3.87. The first-order valence-corrected chi connectivity index (χ1v) is 9.49. The second kappa shape index (κ2) is 7.54. The molecule has 0 atom stereocenters. The number of aromatic nitrogens is 2. The molecule has 5 nitrogen and oxygen atoms in total. The van der Waals surface area contributed by atoms with E-state index in [-0.39, 0.29) is 23.2 Å². The topological polar surface area (TPSA) is 59.2 Å². The van der Waals surface area contributed by atoms with Crippen LogP contribution in [0.2, 0.25) is 5.02 Å².